The molecule has 1 aromatic carbocycles. The predicted octanol–water partition coefficient (Wildman–Crippen LogP) is 1.43. The average molecular weight is 303 g/mol. The van der Waals surface area contributed by atoms with E-state index in [1.54, 1.807) is 12.1 Å². The van der Waals surface area contributed by atoms with Crippen LogP contribution in [0.1, 0.15) is 22.8 Å². The van der Waals surface area contributed by atoms with Gasteiger partial charge in [0.25, 0.3) is 0 Å². The number of nitrogens with two attached hydrogens (primary N) is 1. The largest absolute Gasteiger partial charge is 0.472 e. The van der Waals surface area contributed by atoms with Crippen molar-refractivity contribution in [1.29, 1.82) is 0 Å². The van der Waals surface area contributed by atoms with Crippen molar-refractivity contribution >= 4 is 17.6 Å². The van der Waals surface area contributed by atoms with Gasteiger partial charge in [0.1, 0.15) is 6.61 Å². The number of aromatic nitrogens is 2. The van der Waals surface area contributed by atoms with Gasteiger partial charge in [-0.3, -0.25) is 10.2 Å². The molecule has 0 saturated heterocycles. The molecule has 0 aliphatic heterocycles. The Balaban J connectivity index is 2.14. The van der Waals surface area contributed by atoms with Crippen LogP contribution in [0.15, 0.2) is 30.5 Å². The van der Waals surface area contributed by atoms with E-state index in [1.807, 2.05) is 24.5 Å². The fourth-order valence-corrected chi connectivity index (χ4v) is 1.88. The third-order valence-electron chi connectivity index (χ3n) is 3.04. The third kappa shape index (κ3) is 3.61. The minimum Gasteiger partial charge on any atom is -0.472 e. The molecule has 2 rings (SSSR count). The van der Waals surface area contributed by atoms with E-state index in [4.69, 9.17) is 10.6 Å². The molecule has 1 heterocycles. The van der Waals surface area contributed by atoms with Crippen LogP contribution in [-0.2, 0) is 6.61 Å². The molecular weight excluding hydrogens is 286 g/mol. The van der Waals surface area contributed by atoms with E-state index in [-0.39, 0.29) is 12.5 Å². The third-order valence-corrected chi connectivity index (χ3v) is 3.04. The quantitative estimate of drug-likeness (QED) is 0.449. The minimum absolute atomic E-state index is 0.196. The number of carbonyl (C=O) groups excluding carboxylic acids is 2. The molecule has 0 aliphatic rings. The van der Waals surface area contributed by atoms with Gasteiger partial charge in [0.2, 0.25) is 11.8 Å². The first-order valence-electron chi connectivity index (χ1n) is 6.56. The number of anilines is 1. The van der Waals surface area contributed by atoms with Gasteiger partial charge in [0.15, 0.2) is 0 Å². The van der Waals surface area contributed by atoms with Gasteiger partial charge in [-0.25, -0.2) is 15.3 Å². The molecule has 8 nitrogen and oxygen atoms in total. The van der Waals surface area contributed by atoms with Gasteiger partial charge in [0, 0.05) is 30.4 Å². The summed E-state index contributed by atoms with van der Waals surface area (Å²) in [6.45, 7) is 3.51. The van der Waals surface area contributed by atoms with E-state index in [0.717, 1.165) is 11.1 Å². The molecule has 0 atom stereocenters. The van der Waals surface area contributed by atoms with E-state index in [1.165, 1.54) is 17.8 Å². The van der Waals surface area contributed by atoms with Crippen molar-refractivity contribution < 1.29 is 14.3 Å². The highest BCUT2D eigenvalue weighted by atomic mass is 16.5. The molecule has 2 amide bonds. The second-order valence-corrected chi connectivity index (χ2v) is 4.61. The molecule has 2 aromatic rings. The first-order chi connectivity index (χ1) is 10.5. The summed E-state index contributed by atoms with van der Waals surface area (Å²) in [6, 6.07) is 6.54. The molecule has 0 spiro atoms. The van der Waals surface area contributed by atoms with Crippen molar-refractivity contribution in [2.45, 2.75) is 20.5 Å². The Bertz CT molecular complexity index is 696. The normalized spacial score (nSPS) is 10.1. The Morgan fingerprint density at radius 1 is 1.36 bits per heavy atom. The van der Waals surface area contributed by atoms with Crippen LogP contribution in [-0.4, -0.2) is 21.7 Å². The van der Waals surface area contributed by atoms with Crippen molar-refractivity contribution in [3.63, 3.8) is 0 Å². The fraction of sp³-hybridized carbons (Fsp3) is 0.214. The molecule has 0 saturated carbocycles. The number of nitrogens with zero attached hydrogens (tertiary/aromatic N) is 2. The van der Waals surface area contributed by atoms with E-state index < -0.39 is 6.03 Å². The predicted molar refractivity (Wildman–Crippen MR) is 80.4 cm³/mol. The van der Waals surface area contributed by atoms with E-state index in [0.29, 0.717) is 11.6 Å². The monoisotopic (exact) mass is 303 g/mol. The van der Waals surface area contributed by atoms with Crippen molar-refractivity contribution in [3.8, 4) is 5.88 Å². The number of urea groups is 1. The number of hydrogen-bond donors (Lipinski definition) is 3. The molecule has 4 N–H and O–H groups in total. The molecule has 0 unspecified atom stereocenters. The van der Waals surface area contributed by atoms with Gasteiger partial charge >= 0.3 is 6.03 Å². The summed E-state index contributed by atoms with van der Waals surface area (Å²) in [7, 11) is 0. The van der Waals surface area contributed by atoms with Gasteiger partial charge in [-0.2, -0.15) is 0 Å². The summed E-state index contributed by atoms with van der Waals surface area (Å²) in [5, 5.41) is 6.61. The standard InChI is InChI=1S/C14H17N5O3/c1-9-4-3-5-12(16-14(21)17-15)11(9)8-22-13-6-7-19(18-13)10(2)20/h3-7H,8,15H2,1-2H3,(H2,16,17,21). The molecule has 116 valence electrons. The zero-order chi connectivity index (χ0) is 16.1. The van der Waals surface area contributed by atoms with Crippen LogP contribution in [0.4, 0.5) is 10.5 Å². The molecule has 0 bridgehead atoms. The second kappa shape index (κ2) is 6.72. The van der Waals surface area contributed by atoms with Crippen molar-refractivity contribution in [2.75, 3.05) is 5.32 Å². The summed E-state index contributed by atoms with van der Waals surface area (Å²) >= 11 is 0. The van der Waals surface area contributed by atoms with Gasteiger partial charge < -0.3 is 10.1 Å². The molecule has 8 heteroatoms. The number of aryl methyl sites for hydroxylation is 1. The number of carbonyl (C=O) groups is 2. The Kier molecular flexibility index (Phi) is 4.74. The highest BCUT2D eigenvalue weighted by molar-refractivity contribution is 5.89. The molecule has 0 fully saturated rings. The molecule has 1 aromatic heterocycles. The maximum absolute atomic E-state index is 11.4. The lowest BCUT2D eigenvalue weighted by atomic mass is 10.1. The number of rotatable bonds is 4. The van der Waals surface area contributed by atoms with Gasteiger partial charge in [-0.1, -0.05) is 12.1 Å². The van der Waals surface area contributed by atoms with Gasteiger partial charge in [-0.05, 0) is 18.6 Å². The number of ether oxygens (including phenoxy) is 1. The summed E-state index contributed by atoms with van der Waals surface area (Å²) < 4.78 is 6.76. The summed E-state index contributed by atoms with van der Waals surface area (Å²) in [5.41, 5.74) is 4.34. The average Bonchev–Trinajstić information content (AvgIpc) is 2.95. The van der Waals surface area contributed by atoms with Crippen molar-refractivity contribution in [1.82, 2.24) is 15.2 Å². The zero-order valence-electron chi connectivity index (χ0n) is 12.3. The number of benzene rings is 1. The Hall–Kier alpha value is -2.87. The summed E-state index contributed by atoms with van der Waals surface area (Å²) in [6.07, 6.45) is 1.52. The minimum atomic E-state index is -0.521. The Morgan fingerprint density at radius 2 is 2.14 bits per heavy atom. The second-order valence-electron chi connectivity index (χ2n) is 4.61. The van der Waals surface area contributed by atoms with Gasteiger partial charge in [-0.15, -0.1) is 5.10 Å². The summed E-state index contributed by atoms with van der Waals surface area (Å²) in [5.74, 6) is 5.19. The lowest BCUT2D eigenvalue weighted by molar-refractivity contribution is 0.0918. The van der Waals surface area contributed by atoms with Crippen molar-refractivity contribution in [3.05, 3.63) is 41.6 Å². The van der Waals surface area contributed by atoms with Gasteiger partial charge in [0.05, 0.1) is 0 Å². The lowest BCUT2D eigenvalue weighted by Crippen LogP contribution is -2.34. The smallest absolute Gasteiger partial charge is 0.333 e. The van der Waals surface area contributed by atoms with E-state index >= 15 is 0 Å². The number of amides is 2. The Labute approximate surface area is 127 Å². The van der Waals surface area contributed by atoms with E-state index in [9.17, 15) is 9.59 Å². The van der Waals surface area contributed by atoms with Crippen LogP contribution in [0.3, 0.4) is 0 Å². The number of hydrazine groups is 1. The molecule has 0 aliphatic carbocycles. The number of hydrogen-bond acceptors (Lipinski definition) is 5. The number of nitrogens with one attached hydrogen (secondary N) is 2. The maximum Gasteiger partial charge on any atom is 0.333 e. The first-order valence-corrected chi connectivity index (χ1v) is 6.56. The molecule has 22 heavy (non-hydrogen) atoms. The van der Waals surface area contributed by atoms with Crippen LogP contribution in [0.5, 0.6) is 5.88 Å². The molecular formula is C14H17N5O3. The first kappa shape index (κ1) is 15.5. The van der Waals surface area contributed by atoms with Crippen LogP contribution < -0.4 is 21.3 Å². The van der Waals surface area contributed by atoms with E-state index in [2.05, 4.69) is 10.4 Å². The topological polar surface area (TPSA) is 111 Å². The highest BCUT2D eigenvalue weighted by Crippen LogP contribution is 2.21. The van der Waals surface area contributed by atoms with Crippen LogP contribution >= 0.6 is 0 Å². The van der Waals surface area contributed by atoms with Crippen LogP contribution in [0.2, 0.25) is 0 Å². The SMILES string of the molecule is CC(=O)n1ccc(OCc2c(C)cccc2NC(=O)NN)n1. The summed E-state index contributed by atoms with van der Waals surface area (Å²) in [4.78, 5) is 22.5. The fourth-order valence-electron chi connectivity index (χ4n) is 1.88. The van der Waals surface area contributed by atoms with Crippen LogP contribution in [0.25, 0.3) is 0 Å². The maximum atomic E-state index is 11.4. The molecule has 0 radical (unpaired) electrons. The van der Waals surface area contributed by atoms with Crippen molar-refractivity contribution in [2.24, 2.45) is 5.84 Å². The highest BCUT2D eigenvalue weighted by Gasteiger charge is 2.10. The lowest BCUT2D eigenvalue weighted by Gasteiger charge is -2.13. The van der Waals surface area contributed by atoms with Crippen LogP contribution in [0, 0.1) is 6.92 Å². The zero-order valence-corrected chi connectivity index (χ0v) is 12.3. The Morgan fingerprint density at radius 3 is 2.77 bits per heavy atom.